The summed E-state index contributed by atoms with van der Waals surface area (Å²) in [6.07, 6.45) is 0.989. The number of aromatic hydroxyl groups is 1. The van der Waals surface area contributed by atoms with Crippen molar-refractivity contribution in [1.29, 1.82) is 0 Å². The third-order valence-electron chi connectivity index (χ3n) is 3.77. The van der Waals surface area contributed by atoms with E-state index in [0.717, 1.165) is 10.9 Å². The summed E-state index contributed by atoms with van der Waals surface area (Å²) >= 11 is 0. The van der Waals surface area contributed by atoms with Crippen LogP contribution in [0, 0.1) is 6.92 Å². The summed E-state index contributed by atoms with van der Waals surface area (Å²) in [7, 11) is 0. The SMILES string of the molecule is CCOC(=O)CCc1c(C)c2ccc(O)c(CC)c2oc1=O. The van der Waals surface area contributed by atoms with E-state index in [1.807, 2.05) is 13.8 Å². The lowest BCUT2D eigenvalue weighted by Gasteiger charge is -2.11. The van der Waals surface area contributed by atoms with E-state index < -0.39 is 5.63 Å². The number of rotatable bonds is 5. The van der Waals surface area contributed by atoms with E-state index in [0.29, 0.717) is 29.7 Å². The fourth-order valence-electron chi connectivity index (χ4n) is 2.59. The molecule has 5 heteroatoms. The van der Waals surface area contributed by atoms with Crippen molar-refractivity contribution in [1.82, 2.24) is 0 Å². The first kappa shape index (κ1) is 16.1. The largest absolute Gasteiger partial charge is 0.508 e. The van der Waals surface area contributed by atoms with Crippen molar-refractivity contribution in [2.24, 2.45) is 0 Å². The predicted molar refractivity (Wildman–Crippen MR) is 83.2 cm³/mol. The van der Waals surface area contributed by atoms with E-state index in [1.54, 1.807) is 19.1 Å². The third-order valence-corrected chi connectivity index (χ3v) is 3.77. The van der Waals surface area contributed by atoms with Crippen LogP contribution in [0.25, 0.3) is 11.0 Å². The molecule has 2 aromatic rings. The monoisotopic (exact) mass is 304 g/mol. The molecule has 0 fully saturated rings. The summed E-state index contributed by atoms with van der Waals surface area (Å²) in [6, 6.07) is 3.33. The maximum Gasteiger partial charge on any atom is 0.339 e. The van der Waals surface area contributed by atoms with Crippen LogP contribution in [0.3, 0.4) is 0 Å². The Labute approximate surface area is 128 Å². The quantitative estimate of drug-likeness (QED) is 0.679. The number of phenolic OH excluding ortho intramolecular Hbond substituents is 1. The number of hydrogen-bond donors (Lipinski definition) is 1. The summed E-state index contributed by atoms with van der Waals surface area (Å²) in [5.74, 6) is -0.210. The molecule has 0 unspecified atom stereocenters. The van der Waals surface area contributed by atoms with Crippen LogP contribution in [-0.2, 0) is 22.4 Å². The Morgan fingerprint density at radius 2 is 2.00 bits per heavy atom. The fraction of sp³-hybridized carbons (Fsp3) is 0.412. The molecule has 0 saturated carbocycles. The fourth-order valence-corrected chi connectivity index (χ4v) is 2.59. The number of esters is 1. The van der Waals surface area contributed by atoms with Crippen molar-refractivity contribution in [2.75, 3.05) is 6.61 Å². The van der Waals surface area contributed by atoms with Crippen LogP contribution in [0.1, 0.15) is 37.0 Å². The summed E-state index contributed by atoms with van der Waals surface area (Å²) in [6.45, 7) is 5.78. The molecular weight excluding hydrogens is 284 g/mol. The lowest BCUT2D eigenvalue weighted by atomic mass is 9.99. The van der Waals surface area contributed by atoms with Crippen LogP contribution >= 0.6 is 0 Å². The van der Waals surface area contributed by atoms with Crippen LogP contribution in [-0.4, -0.2) is 17.7 Å². The molecule has 5 nitrogen and oxygen atoms in total. The van der Waals surface area contributed by atoms with E-state index in [2.05, 4.69) is 0 Å². The molecule has 0 aliphatic carbocycles. The first-order valence-electron chi connectivity index (χ1n) is 7.42. The molecular formula is C17H20O5. The van der Waals surface area contributed by atoms with Crippen LogP contribution < -0.4 is 5.63 Å². The zero-order valence-electron chi connectivity index (χ0n) is 13.1. The van der Waals surface area contributed by atoms with E-state index >= 15 is 0 Å². The van der Waals surface area contributed by atoms with Gasteiger partial charge in [-0.25, -0.2) is 4.79 Å². The molecule has 118 valence electrons. The lowest BCUT2D eigenvalue weighted by Crippen LogP contribution is -2.14. The number of ether oxygens (including phenoxy) is 1. The predicted octanol–water partition coefficient (Wildman–Crippen LogP) is 2.87. The topological polar surface area (TPSA) is 76.7 Å². The summed E-state index contributed by atoms with van der Waals surface area (Å²) < 4.78 is 10.3. The van der Waals surface area contributed by atoms with Gasteiger partial charge in [-0.15, -0.1) is 0 Å². The van der Waals surface area contributed by atoms with Gasteiger partial charge < -0.3 is 14.3 Å². The highest BCUT2D eigenvalue weighted by atomic mass is 16.5. The van der Waals surface area contributed by atoms with Gasteiger partial charge in [0.15, 0.2) is 0 Å². The van der Waals surface area contributed by atoms with Gasteiger partial charge in [-0.3, -0.25) is 4.79 Å². The normalized spacial score (nSPS) is 10.9. The van der Waals surface area contributed by atoms with Crippen molar-refractivity contribution in [3.63, 3.8) is 0 Å². The minimum atomic E-state index is -0.463. The van der Waals surface area contributed by atoms with E-state index in [1.165, 1.54) is 0 Å². The number of fused-ring (bicyclic) bond motifs is 1. The maximum absolute atomic E-state index is 12.2. The number of phenols is 1. The van der Waals surface area contributed by atoms with Crippen molar-refractivity contribution in [3.05, 3.63) is 39.2 Å². The van der Waals surface area contributed by atoms with Crippen molar-refractivity contribution < 1.29 is 19.1 Å². The second kappa shape index (κ2) is 6.64. The first-order valence-corrected chi connectivity index (χ1v) is 7.42. The standard InChI is InChI=1S/C17H20O5/c1-4-11-14(18)8-6-12-10(3)13(17(20)22-16(11)12)7-9-15(19)21-5-2/h6,8,18H,4-5,7,9H2,1-3H3. The second-order valence-electron chi connectivity index (χ2n) is 5.09. The molecule has 0 aliphatic rings. The minimum Gasteiger partial charge on any atom is -0.508 e. The van der Waals surface area contributed by atoms with E-state index in [4.69, 9.17) is 9.15 Å². The Bertz CT molecular complexity index is 758. The summed E-state index contributed by atoms with van der Waals surface area (Å²) in [5.41, 5.74) is 1.84. The van der Waals surface area contributed by atoms with Gasteiger partial charge in [-0.2, -0.15) is 0 Å². The van der Waals surface area contributed by atoms with Crippen LogP contribution in [0.15, 0.2) is 21.3 Å². The van der Waals surface area contributed by atoms with Gasteiger partial charge in [-0.05, 0) is 44.4 Å². The molecule has 0 radical (unpaired) electrons. The average molecular weight is 304 g/mol. The number of carbonyl (C=O) groups is 1. The number of aryl methyl sites for hydroxylation is 2. The molecule has 0 amide bonds. The second-order valence-corrected chi connectivity index (χ2v) is 5.09. The number of hydrogen-bond acceptors (Lipinski definition) is 5. The minimum absolute atomic E-state index is 0.122. The highest BCUT2D eigenvalue weighted by molar-refractivity contribution is 5.85. The Morgan fingerprint density at radius 3 is 2.64 bits per heavy atom. The molecule has 1 aromatic heterocycles. The number of benzene rings is 1. The van der Waals surface area contributed by atoms with Gasteiger partial charge in [0, 0.05) is 22.9 Å². The Morgan fingerprint density at radius 1 is 1.27 bits per heavy atom. The van der Waals surface area contributed by atoms with Gasteiger partial charge in [0.2, 0.25) is 0 Å². The van der Waals surface area contributed by atoms with Crippen molar-refractivity contribution in [3.8, 4) is 5.75 Å². The molecule has 0 aliphatic heterocycles. The lowest BCUT2D eigenvalue weighted by molar-refractivity contribution is -0.143. The van der Waals surface area contributed by atoms with Crippen LogP contribution in [0.5, 0.6) is 5.75 Å². The Balaban J connectivity index is 2.48. The molecule has 0 atom stereocenters. The average Bonchev–Trinajstić information content (AvgIpc) is 2.47. The van der Waals surface area contributed by atoms with Gasteiger partial charge >= 0.3 is 11.6 Å². The van der Waals surface area contributed by atoms with Crippen molar-refractivity contribution >= 4 is 16.9 Å². The zero-order valence-corrected chi connectivity index (χ0v) is 13.1. The highest BCUT2D eigenvalue weighted by Crippen LogP contribution is 2.29. The van der Waals surface area contributed by atoms with E-state index in [-0.39, 0.29) is 24.6 Å². The molecule has 0 spiro atoms. The molecule has 0 bridgehead atoms. The molecule has 1 aromatic carbocycles. The summed E-state index contributed by atoms with van der Waals surface area (Å²) in [4.78, 5) is 23.7. The molecule has 22 heavy (non-hydrogen) atoms. The smallest absolute Gasteiger partial charge is 0.339 e. The Hall–Kier alpha value is -2.30. The molecule has 1 heterocycles. The van der Waals surface area contributed by atoms with Gasteiger partial charge in [0.25, 0.3) is 0 Å². The zero-order chi connectivity index (χ0) is 16.3. The van der Waals surface area contributed by atoms with E-state index in [9.17, 15) is 14.7 Å². The molecule has 2 rings (SSSR count). The van der Waals surface area contributed by atoms with Gasteiger partial charge in [0.1, 0.15) is 11.3 Å². The van der Waals surface area contributed by atoms with Gasteiger partial charge in [0.05, 0.1) is 6.61 Å². The molecule has 0 saturated heterocycles. The number of carbonyl (C=O) groups excluding carboxylic acids is 1. The third kappa shape index (κ3) is 2.98. The van der Waals surface area contributed by atoms with Crippen LogP contribution in [0.2, 0.25) is 0 Å². The molecule has 1 N–H and O–H groups in total. The highest BCUT2D eigenvalue weighted by Gasteiger charge is 2.16. The van der Waals surface area contributed by atoms with Crippen molar-refractivity contribution in [2.45, 2.75) is 40.0 Å². The maximum atomic E-state index is 12.2. The first-order chi connectivity index (χ1) is 10.5. The Kier molecular flexibility index (Phi) is 4.85. The summed E-state index contributed by atoms with van der Waals surface area (Å²) in [5, 5.41) is 10.7. The van der Waals surface area contributed by atoms with Crippen LogP contribution in [0.4, 0.5) is 0 Å². The van der Waals surface area contributed by atoms with Gasteiger partial charge in [-0.1, -0.05) is 6.92 Å².